The molecule has 106 valence electrons. The van der Waals surface area contributed by atoms with Crippen LogP contribution < -0.4 is 5.32 Å². The highest BCUT2D eigenvalue weighted by molar-refractivity contribution is 5.92. The van der Waals surface area contributed by atoms with E-state index in [1.807, 2.05) is 18.2 Å². The van der Waals surface area contributed by atoms with E-state index in [0.29, 0.717) is 12.1 Å². The maximum absolute atomic E-state index is 11.4. The summed E-state index contributed by atoms with van der Waals surface area (Å²) in [5.41, 5.74) is 2.76. The Morgan fingerprint density at radius 3 is 2.85 bits per heavy atom. The van der Waals surface area contributed by atoms with Crippen LogP contribution in [0.15, 0.2) is 36.4 Å². The Morgan fingerprint density at radius 2 is 2.15 bits per heavy atom. The average Bonchev–Trinajstić information content (AvgIpc) is 2.80. The minimum atomic E-state index is -0.0750. The number of carbonyl (C=O) groups is 1. The van der Waals surface area contributed by atoms with Gasteiger partial charge >= 0.3 is 0 Å². The first-order valence-corrected chi connectivity index (χ1v) is 7.01. The van der Waals surface area contributed by atoms with E-state index in [-0.39, 0.29) is 5.91 Å². The second kappa shape index (κ2) is 6.37. The summed E-state index contributed by atoms with van der Waals surface area (Å²) < 4.78 is 2.23. The number of benzene rings is 1. The first-order valence-electron chi connectivity index (χ1n) is 7.01. The molecule has 1 amide bonds. The third-order valence-corrected chi connectivity index (χ3v) is 3.30. The van der Waals surface area contributed by atoms with E-state index >= 15 is 0 Å². The molecule has 0 saturated carbocycles. The molecule has 1 aromatic carbocycles. The minimum Gasteiger partial charge on any atom is -0.352 e. The molecule has 1 aromatic heterocycles. The molecule has 0 radical (unpaired) electrons. The fourth-order valence-corrected chi connectivity index (χ4v) is 2.27. The van der Waals surface area contributed by atoms with E-state index in [2.05, 4.69) is 34.4 Å². The number of hydrogen-bond acceptors (Lipinski definition) is 2. The summed E-state index contributed by atoms with van der Waals surface area (Å²) in [6.07, 6.45) is 1.74. The number of hydrogen-bond donors (Lipinski definition) is 1. The van der Waals surface area contributed by atoms with Gasteiger partial charge in [0.2, 0.25) is 5.91 Å². The molecule has 2 rings (SSSR count). The van der Waals surface area contributed by atoms with Crippen molar-refractivity contribution in [1.82, 2.24) is 14.9 Å². The van der Waals surface area contributed by atoms with Crippen molar-refractivity contribution in [3.63, 3.8) is 0 Å². The Kier molecular flexibility index (Phi) is 4.56. The van der Waals surface area contributed by atoms with Gasteiger partial charge in [-0.25, -0.2) is 4.98 Å². The van der Waals surface area contributed by atoms with Crippen LogP contribution in [0.4, 0.5) is 0 Å². The van der Waals surface area contributed by atoms with Gasteiger partial charge < -0.3 is 9.88 Å². The third-order valence-electron chi connectivity index (χ3n) is 3.30. The maximum Gasteiger partial charge on any atom is 0.246 e. The number of aromatic nitrogens is 2. The lowest BCUT2D eigenvalue weighted by atomic mass is 10.2. The zero-order valence-corrected chi connectivity index (χ0v) is 12.1. The predicted octanol–water partition coefficient (Wildman–Crippen LogP) is 2.68. The zero-order valence-electron chi connectivity index (χ0n) is 12.1. The number of nitrogens with one attached hydrogen (secondary N) is 1. The lowest BCUT2D eigenvalue weighted by Crippen LogP contribution is -2.25. The number of nitrogens with zero attached hydrogens (tertiary/aromatic N) is 2. The molecule has 4 nitrogen and oxygen atoms in total. The second-order valence-corrected chi connectivity index (χ2v) is 4.90. The van der Waals surface area contributed by atoms with E-state index in [4.69, 9.17) is 0 Å². The number of fused-ring (bicyclic) bond motifs is 1. The number of imidazole rings is 1. The molecule has 0 aliphatic carbocycles. The third kappa shape index (κ3) is 3.07. The van der Waals surface area contributed by atoms with Gasteiger partial charge in [-0.15, -0.1) is 0 Å². The van der Waals surface area contributed by atoms with Crippen molar-refractivity contribution in [2.45, 2.75) is 33.2 Å². The van der Waals surface area contributed by atoms with Crippen LogP contribution >= 0.6 is 0 Å². The summed E-state index contributed by atoms with van der Waals surface area (Å²) in [6, 6.07) is 8.17. The van der Waals surface area contributed by atoms with Crippen LogP contribution in [0, 0.1) is 0 Å². The van der Waals surface area contributed by atoms with Crippen molar-refractivity contribution in [3.05, 3.63) is 42.2 Å². The maximum atomic E-state index is 11.4. The quantitative estimate of drug-likeness (QED) is 0.648. The van der Waals surface area contributed by atoms with Gasteiger partial charge in [-0.2, -0.15) is 0 Å². The largest absolute Gasteiger partial charge is 0.352 e. The molecule has 1 N–H and O–H groups in total. The molecular weight excluding hydrogens is 250 g/mol. The Labute approximate surface area is 119 Å². The van der Waals surface area contributed by atoms with Crippen molar-refractivity contribution in [3.8, 4) is 0 Å². The van der Waals surface area contributed by atoms with Crippen LogP contribution in [0.5, 0.6) is 0 Å². The molecule has 4 heteroatoms. The molecule has 0 fully saturated rings. The van der Waals surface area contributed by atoms with Gasteiger partial charge in [-0.1, -0.05) is 18.7 Å². The fourth-order valence-electron chi connectivity index (χ4n) is 2.27. The molecule has 0 spiro atoms. The summed E-state index contributed by atoms with van der Waals surface area (Å²) >= 11 is 0. The highest BCUT2D eigenvalue weighted by atomic mass is 16.1. The lowest BCUT2D eigenvalue weighted by Gasteiger charge is -2.07. The zero-order chi connectivity index (χ0) is 14.5. The van der Waals surface area contributed by atoms with Gasteiger partial charge in [0.05, 0.1) is 11.0 Å². The van der Waals surface area contributed by atoms with Crippen LogP contribution in [-0.4, -0.2) is 22.0 Å². The summed E-state index contributed by atoms with van der Waals surface area (Å²) in [7, 11) is 0. The van der Waals surface area contributed by atoms with Gasteiger partial charge in [-0.05, 0) is 32.4 Å². The van der Waals surface area contributed by atoms with Crippen molar-refractivity contribution in [2.24, 2.45) is 0 Å². The first-order chi connectivity index (χ1) is 9.63. The SMILES string of the molecule is C=C(C)C(=O)NCCCc1nc2ccccc2n1CC. The Bertz CT molecular complexity index is 628. The number of para-hydroxylation sites is 2. The Balaban J connectivity index is 1.99. The fraction of sp³-hybridized carbons (Fsp3) is 0.375. The molecule has 0 atom stereocenters. The lowest BCUT2D eigenvalue weighted by molar-refractivity contribution is -0.117. The monoisotopic (exact) mass is 271 g/mol. The van der Waals surface area contributed by atoms with Crippen LogP contribution in [-0.2, 0) is 17.8 Å². The van der Waals surface area contributed by atoms with Crippen molar-refractivity contribution in [1.29, 1.82) is 0 Å². The predicted molar refractivity (Wildman–Crippen MR) is 81.6 cm³/mol. The second-order valence-electron chi connectivity index (χ2n) is 4.90. The molecule has 0 aliphatic heterocycles. The van der Waals surface area contributed by atoms with E-state index in [1.165, 1.54) is 5.52 Å². The molecular formula is C16H21N3O. The summed E-state index contributed by atoms with van der Waals surface area (Å²) in [5.74, 6) is 1.01. The smallest absolute Gasteiger partial charge is 0.246 e. The highest BCUT2D eigenvalue weighted by Crippen LogP contribution is 2.16. The Morgan fingerprint density at radius 1 is 1.40 bits per heavy atom. The number of carbonyl (C=O) groups excluding carboxylic acids is 1. The number of aryl methyl sites for hydroxylation is 2. The van der Waals surface area contributed by atoms with Gasteiger partial charge in [0.1, 0.15) is 5.82 Å². The summed E-state index contributed by atoms with van der Waals surface area (Å²) in [4.78, 5) is 16.1. The first kappa shape index (κ1) is 14.3. The van der Waals surface area contributed by atoms with Crippen molar-refractivity contribution < 1.29 is 4.79 Å². The van der Waals surface area contributed by atoms with Crippen LogP contribution in [0.2, 0.25) is 0 Å². The normalized spacial score (nSPS) is 10.7. The molecule has 0 saturated heterocycles. The molecule has 0 bridgehead atoms. The van der Waals surface area contributed by atoms with E-state index < -0.39 is 0 Å². The van der Waals surface area contributed by atoms with Crippen LogP contribution in [0.25, 0.3) is 11.0 Å². The summed E-state index contributed by atoms with van der Waals surface area (Å²) in [6.45, 7) is 9.02. The minimum absolute atomic E-state index is 0.0750. The Hall–Kier alpha value is -2.10. The van der Waals surface area contributed by atoms with Gasteiger partial charge in [0, 0.05) is 25.1 Å². The van der Waals surface area contributed by atoms with E-state index in [1.54, 1.807) is 6.92 Å². The molecule has 0 unspecified atom stereocenters. The standard InChI is InChI=1S/C16H21N3O/c1-4-19-14-9-6-5-8-13(14)18-15(19)10-7-11-17-16(20)12(2)3/h5-6,8-9H,2,4,7,10-11H2,1,3H3,(H,17,20). The van der Waals surface area contributed by atoms with Crippen molar-refractivity contribution >= 4 is 16.9 Å². The topological polar surface area (TPSA) is 46.9 Å². The van der Waals surface area contributed by atoms with E-state index in [9.17, 15) is 4.79 Å². The van der Waals surface area contributed by atoms with Gasteiger partial charge in [-0.3, -0.25) is 4.79 Å². The number of rotatable bonds is 6. The van der Waals surface area contributed by atoms with E-state index in [0.717, 1.165) is 30.7 Å². The summed E-state index contributed by atoms with van der Waals surface area (Å²) in [5, 5.41) is 2.85. The molecule has 20 heavy (non-hydrogen) atoms. The molecule has 1 heterocycles. The van der Waals surface area contributed by atoms with Crippen molar-refractivity contribution in [2.75, 3.05) is 6.54 Å². The highest BCUT2D eigenvalue weighted by Gasteiger charge is 2.08. The molecule has 0 aliphatic rings. The van der Waals surface area contributed by atoms with Crippen LogP contribution in [0.1, 0.15) is 26.1 Å². The van der Waals surface area contributed by atoms with Gasteiger partial charge in [0.25, 0.3) is 0 Å². The molecule has 2 aromatic rings. The number of amides is 1. The van der Waals surface area contributed by atoms with Gasteiger partial charge in [0.15, 0.2) is 0 Å². The van der Waals surface area contributed by atoms with Crippen LogP contribution in [0.3, 0.4) is 0 Å². The average molecular weight is 271 g/mol.